The summed E-state index contributed by atoms with van der Waals surface area (Å²) in [6, 6.07) is 9.16. The minimum absolute atomic E-state index is 0.611. The van der Waals surface area contributed by atoms with Crippen LogP contribution in [-0.4, -0.2) is 33.3 Å². The van der Waals surface area contributed by atoms with E-state index < -0.39 is 0 Å². The molecule has 0 aromatic heterocycles. The van der Waals surface area contributed by atoms with E-state index in [2.05, 4.69) is 41.5 Å². The van der Waals surface area contributed by atoms with Gasteiger partial charge in [0.1, 0.15) is 0 Å². The van der Waals surface area contributed by atoms with Crippen molar-refractivity contribution < 1.29 is 4.74 Å². The Bertz CT molecular complexity index is 354. The van der Waals surface area contributed by atoms with E-state index in [1.807, 2.05) is 0 Å². The molecule has 3 nitrogen and oxygen atoms in total. The number of piperidine rings is 1. The summed E-state index contributed by atoms with van der Waals surface area (Å²) in [5.41, 5.74) is 2.61. The fraction of sp³-hybridized carbons (Fsp3) is 0.571. The summed E-state index contributed by atoms with van der Waals surface area (Å²) in [6.07, 6.45) is 2.53. The Hall–Kier alpha value is -1.06. The molecule has 94 valence electrons. The zero-order valence-corrected chi connectivity index (χ0v) is 10.8. The second kappa shape index (κ2) is 6.03. The molecular formula is C14H22N2O. The molecule has 1 aliphatic heterocycles. The van der Waals surface area contributed by atoms with Gasteiger partial charge in [-0.05, 0) is 26.0 Å². The van der Waals surface area contributed by atoms with Gasteiger partial charge in [0.15, 0.2) is 0 Å². The lowest BCUT2D eigenvalue weighted by molar-refractivity contribution is 0.185. The molecule has 0 spiro atoms. The largest absolute Gasteiger partial charge is 0.380 e. The highest BCUT2D eigenvalue weighted by Crippen LogP contribution is 2.24. The average molecular weight is 234 g/mol. The van der Waals surface area contributed by atoms with Crippen LogP contribution in [0.2, 0.25) is 0 Å². The highest BCUT2D eigenvalue weighted by molar-refractivity contribution is 5.53. The Morgan fingerprint density at radius 1 is 1.41 bits per heavy atom. The lowest BCUT2D eigenvalue weighted by Crippen LogP contribution is -2.44. The monoisotopic (exact) mass is 234 g/mol. The predicted octanol–water partition coefficient (Wildman–Crippen LogP) is 2.02. The Morgan fingerprint density at radius 3 is 3.00 bits per heavy atom. The van der Waals surface area contributed by atoms with E-state index >= 15 is 0 Å². The molecule has 1 aromatic rings. The highest BCUT2D eigenvalue weighted by Gasteiger charge is 2.20. The van der Waals surface area contributed by atoms with Gasteiger partial charge in [0.25, 0.3) is 0 Å². The maximum absolute atomic E-state index is 5.27. The van der Waals surface area contributed by atoms with Crippen LogP contribution in [0.1, 0.15) is 18.4 Å². The number of ether oxygens (including phenoxy) is 1. The number of hydrogen-bond donors (Lipinski definition) is 1. The molecule has 1 heterocycles. The zero-order chi connectivity index (χ0) is 12.1. The molecule has 1 N–H and O–H groups in total. The van der Waals surface area contributed by atoms with Crippen molar-refractivity contribution in [3.63, 3.8) is 0 Å². The van der Waals surface area contributed by atoms with Crippen LogP contribution in [0.25, 0.3) is 0 Å². The number of hydrogen-bond acceptors (Lipinski definition) is 3. The van der Waals surface area contributed by atoms with Gasteiger partial charge in [-0.25, -0.2) is 0 Å². The SMILES string of the molecule is CNC1CCCN(c2ccccc2COC)C1. The number of benzene rings is 1. The summed E-state index contributed by atoms with van der Waals surface area (Å²) in [5, 5.41) is 3.38. The molecule has 0 saturated carbocycles. The summed E-state index contributed by atoms with van der Waals surface area (Å²) in [6.45, 7) is 2.94. The van der Waals surface area contributed by atoms with Crippen LogP contribution in [0.15, 0.2) is 24.3 Å². The molecule has 1 fully saturated rings. The van der Waals surface area contributed by atoms with Crippen molar-refractivity contribution in [3.8, 4) is 0 Å². The van der Waals surface area contributed by atoms with E-state index in [1.165, 1.54) is 24.1 Å². The first kappa shape index (κ1) is 12.4. The van der Waals surface area contributed by atoms with Crippen LogP contribution in [0, 0.1) is 0 Å². The second-order valence-electron chi connectivity index (χ2n) is 4.64. The van der Waals surface area contributed by atoms with Gasteiger partial charge in [0.2, 0.25) is 0 Å². The zero-order valence-electron chi connectivity index (χ0n) is 10.8. The van der Waals surface area contributed by atoms with Gasteiger partial charge in [-0.2, -0.15) is 0 Å². The number of anilines is 1. The molecule has 1 aliphatic rings. The van der Waals surface area contributed by atoms with E-state index in [1.54, 1.807) is 7.11 Å². The molecule has 1 atom stereocenters. The van der Waals surface area contributed by atoms with Crippen molar-refractivity contribution in [1.29, 1.82) is 0 Å². The molecule has 1 unspecified atom stereocenters. The maximum Gasteiger partial charge on any atom is 0.0733 e. The third-order valence-corrected chi connectivity index (χ3v) is 3.46. The first-order valence-electron chi connectivity index (χ1n) is 6.34. The minimum Gasteiger partial charge on any atom is -0.380 e. The first-order valence-corrected chi connectivity index (χ1v) is 6.34. The summed E-state index contributed by atoms with van der Waals surface area (Å²) >= 11 is 0. The summed E-state index contributed by atoms with van der Waals surface area (Å²) in [5.74, 6) is 0. The topological polar surface area (TPSA) is 24.5 Å². The normalized spacial score (nSPS) is 20.6. The van der Waals surface area contributed by atoms with Gasteiger partial charge in [-0.1, -0.05) is 18.2 Å². The predicted molar refractivity (Wildman–Crippen MR) is 71.4 cm³/mol. The number of rotatable bonds is 4. The Morgan fingerprint density at radius 2 is 2.24 bits per heavy atom. The van der Waals surface area contributed by atoms with Crippen LogP contribution in [0.5, 0.6) is 0 Å². The van der Waals surface area contributed by atoms with Crippen LogP contribution in [-0.2, 0) is 11.3 Å². The lowest BCUT2D eigenvalue weighted by Gasteiger charge is -2.35. The van der Waals surface area contributed by atoms with E-state index in [9.17, 15) is 0 Å². The molecule has 1 aromatic carbocycles. The summed E-state index contributed by atoms with van der Waals surface area (Å²) < 4.78 is 5.27. The van der Waals surface area contributed by atoms with Crippen LogP contribution in [0.3, 0.4) is 0 Å². The summed E-state index contributed by atoms with van der Waals surface area (Å²) in [7, 11) is 3.80. The standard InChI is InChI=1S/C14H22N2O/c1-15-13-7-5-9-16(10-13)14-8-4-3-6-12(14)11-17-2/h3-4,6,8,13,15H,5,7,9-11H2,1-2H3. The fourth-order valence-corrected chi connectivity index (χ4v) is 2.53. The van der Waals surface area contributed by atoms with Crippen molar-refractivity contribution >= 4 is 5.69 Å². The molecule has 2 rings (SSSR count). The molecule has 17 heavy (non-hydrogen) atoms. The fourth-order valence-electron chi connectivity index (χ4n) is 2.53. The highest BCUT2D eigenvalue weighted by atomic mass is 16.5. The molecule has 1 saturated heterocycles. The molecule has 0 bridgehead atoms. The van der Waals surface area contributed by atoms with Crippen molar-refractivity contribution in [3.05, 3.63) is 29.8 Å². The average Bonchev–Trinajstić information content (AvgIpc) is 2.40. The van der Waals surface area contributed by atoms with E-state index in [4.69, 9.17) is 4.74 Å². The number of para-hydroxylation sites is 1. The molecule has 0 aliphatic carbocycles. The van der Waals surface area contributed by atoms with Gasteiger partial charge < -0.3 is 15.0 Å². The minimum atomic E-state index is 0.611. The van der Waals surface area contributed by atoms with Gasteiger partial charge in [-0.15, -0.1) is 0 Å². The van der Waals surface area contributed by atoms with E-state index in [0.717, 1.165) is 13.1 Å². The molecule has 3 heteroatoms. The molecule has 0 amide bonds. The first-order chi connectivity index (χ1) is 8.35. The van der Waals surface area contributed by atoms with Gasteiger partial charge in [0, 0.05) is 37.5 Å². The van der Waals surface area contributed by atoms with Crippen LogP contribution < -0.4 is 10.2 Å². The Balaban J connectivity index is 2.15. The smallest absolute Gasteiger partial charge is 0.0733 e. The second-order valence-corrected chi connectivity index (χ2v) is 4.64. The molecular weight excluding hydrogens is 212 g/mol. The van der Waals surface area contributed by atoms with Crippen molar-refractivity contribution in [2.75, 3.05) is 32.1 Å². The quantitative estimate of drug-likeness (QED) is 0.862. The number of likely N-dealkylation sites (N-methyl/N-ethyl adjacent to an activating group) is 1. The van der Waals surface area contributed by atoms with Gasteiger partial charge in [-0.3, -0.25) is 0 Å². The number of methoxy groups -OCH3 is 1. The number of nitrogens with zero attached hydrogens (tertiary/aromatic N) is 1. The summed E-state index contributed by atoms with van der Waals surface area (Å²) in [4.78, 5) is 2.47. The third-order valence-electron chi connectivity index (χ3n) is 3.46. The van der Waals surface area contributed by atoms with Gasteiger partial charge >= 0.3 is 0 Å². The van der Waals surface area contributed by atoms with Gasteiger partial charge in [0.05, 0.1) is 6.61 Å². The van der Waals surface area contributed by atoms with Crippen LogP contribution >= 0.6 is 0 Å². The van der Waals surface area contributed by atoms with Crippen molar-refractivity contribution in [1.82, 2.24) is 5.32 Å². The van der Waals surface area contributed by atoms with E-state index in [0.29, 0.717) is 12.6 Å². The van der Waals surface area contributed by atoms with Crippen LogP contribution in [0.4, 0.5) is 5.69 Å². The van der Waals surface area contributed by atoms with E-state index in [-0.39, 0.29) is 0 Å². The van der Waals surface area contributed by atoms with Crippen molar-refractivity contribution in [2.45, 2.75) is 25.5 Å². The lowest BCUT2D eigenvalue weighted by atomic mass is 10.0. The van der Waals surface area contributed by atoms with Crippen molar-refractivity contribution in [2.24, 2.45) is 0 Å². The Kier molecular flexibility index (Phi) is 4.40. The Labute approximate surface area is 104 Å². The maximum atomic E-state index is 5.27. The molecule has 0 radical (unpaired) electrons. The number of nitrogens with one attached hydrogen (secondary N) is 1. The third kappa shape index (κ3) is 2.99.